The first-order valence-electron chi connectivity index (χ1n) is 4.60. The average Bonchev–Trinajstić information content (AvgIpc) is 2.18. The molecule has 0 aromatic heterocycles. The molecule has 0 bridgehead atoms. The maximum absolute atomic E-state index is 5.56. The Bertz CT molecular complexity index is 280. The Morgan fingerprint density at radius 3 is 2.50 bits per heavy atom. The van der Waals surface area contributed by atoms with Gasteiger partial charge in [-0.3, -0.25) is 0 Å². The molecule has 0 saturated heterocycles. The van der Waals surface area contributed by atoms with Gasteiger partial charge in [0.15, 0.2) is 0 Å². The Balaban J connectivity index is 2.72. The molecular weight excluding hydrogens is 176 g/mol. The summed E-state index contributed by atoms with van der Waals surface area (Å²) in [4.78, 5) is 0. The van der Waals surface area contributed by atoms with Gasteiger partial charge in [-0.25, -0.2) is 0 Å². The summed E-state index contributed by atoms with van der Waals surface area (Å²) in [6.07, 6.45) is -0.0568. The molecule has 1 aromatic rings. The van der Waals surface area contributed by atoms with E-state index in [1.807, 2.05) is 37.3 Å². The number of methoxy groups -OCH3 is 1. The third-order valence-electron chi connectivity index (χ3n) is 1.83. The van der Waals surface area contributed by atoms with Crippen LogP contribution in [0.4, 0.5) is 0 Å². The van der Waals surface area contributed by atoms with E-state index in [4.69, 9.17) is 9.47 Å². The highest BCUT2D eigenvalue weighted by Crippen LogP contribution is 2.19. The van der Waals surface area contributed by atoms with E-state index < -0.39 is 0 Å². The third kappa shape index (κ3) is 3.23. The molecule has 1 atom stereocenters. The molecule has 14 heavy (non-hydrogen) atoms. The van der Waals surface area contributed by atoms with Crippen molar-refractivity contribution in [3.8, 4) is 0 Å². The molecule has 0 heterocycles. The topological polar surface area (TPSA) is 18.5 Å². The molecule has 0 aliphatic heterocycles. The van der Waals surface area contributed by atoms with E-state index in [0.717, 1.165) is 5.56 Å². The maximum atomic E-state index is 5.56. The van der Waals surface area contributed by atoms with Gasteiger partial charge in [-0.05, 0) is 12.5 Å². The van der Waals surface area contributed by atoms with Crippen molar-refractivity contribution in [3.05, 3.63) is 48.2 Å². The number of allylic oxidation sites excluding steroid dienone is 1. The number of hydrogen-bond acceptors (Lipinski definition) is 2. The van der Waals surface area contributed by atoms with Gasteiger partial charge in [0.05, 0.1) is 12.4 Å². The summed E-state index contributed by atoms with van der Waals surface area (Å²) in [6.45, 7) is 6.10. The van der Waals surface area contributed by atoms with Crippen molar-refractivity contribution >= 4 is 0 Å². The lowest BCUT2D eigenvalue weighted by atomic mass is 10.1. The van der Waals surface area contributed by atoms with E-state index in [9.17, 15) is 0 Å². The van der Waals surface area contributed by atoms with Crippen LogP contribution in [0.25, 0.3) is 0 Å². The van der Waals surface area contributed by atoms with Crippen molar-refractivity contribution in [2.75, 3.05) is 13.7 Å². The molecule has 0 aliphatic carbocycles. The molecule has 1 aromatic carbocycles. The molecule has 76 valence electrons. The van der Waals surface area contributed by atoms with Gasteiger partial charge in [-0.1, -0.05) is 36.9 Å². The van der Waals surface area contributed by atoms with E-state index >= 15 is 0 Å². The van der Waals surface area contributed by atoms with Gasteiger partial charge in [0.1, 0.15) is 6.10 Å². The summed E-state index contributed by atoms with van der Waals surface area (Å²) in [7, 11) is 1.66. The lowest BCUT2D eigenvalue weighted by Crippen LogP contribution is -2.09. The lowest BCUT2D eigenvalue weighted by Gasteiger charge is -2.18. The van der Waals surface area contributed by atoms with Crippen molar-refractivity contribution in [2.45, 2.75) is 13.0 Å². The Kier molecular flexibility index (Phi) is 4.20. The first-order valence-corrected chi connectivity index (χ1v) is 4.60. The third-order valence-corrected chi connectivity index (χ3v) is 1.83. The molecule has 0 aliphatic rings. The standard InChI is InChI=1S/C12H16O2/c1-10(2)14-12(9-13-3)11-7-5-4-6-8-11/h4-8,12H,1,9H2,2-3H3/t12-/m1/s1. The molecule has 0 N–H and O–H groups in total. The van der Waals surface area contributed by atoms with Crippen LogP contribution in [0.5, 0.6) is 0 Å². The molecule has 1 rings (SSSR count). The van der Waals surface area contributed by atoms with Crippen LogP contribution < -0.4 is 0 Å². The summed E-state index contributed by atoms with van der Waals surface area (Å²) >= 11 is 0. The van der Waals surface area contributed by atoms with Crippen molar-refractivity contribution < 1.29 is 9.47 Å². The highest BCUT2D eigenvalue weighted by molar-refractivity contribution is 5.18. The molecule has 0 amide bonds. The van der Waals surface area contributed by atoms with Gasteiger partial charge >= 0.3 is 0 Å². The van der Waals surface area contributed by atoms with Gasteiger partial charge in [-0.15, -0.1) is 0 Å². The van der Waals surface area contributed by atoms with Gasteiger partial charge < -0.3 is 9.47 Å². The fourth-order valence-corrected chi connectivity index (χ4v) is 1.26. The van der Waals surface area contributed by atoms with Crippen LogP contribution in [0.15, 0.2) is 42.7 Å². The Hall–Kier alpha value is -1.28. The SMILES string of the molecule is C=C(C)O[C@H](COC)c1ccccc1. The van der Waals surface area contributed by atoms with Gasteiger partial charge in [-0.2, -0.15) is 0 Å². The highest BCUT2D eigenvalue weighted by atomic mass is 16.5. The van der Waals surface area contributed by atoms with E-state index in [1.165, 1.54) is 0 Å². The normalized spacial score (nSPS) is 12.1. The zero-order valence-corrected chi connectivity index (χ0v) is 8.69. The van der Waals surface area contributed by atoms with Crippen LogP contribution >= 0.6 is 0 Å². The Morgan fingerprint density at radius 1 is 1.36 bits per heavy atom. The molecule has 2 heteroatoms. The quantitative estimate of drug-likeness (QED) is 0.668. The van der Waals surface area contributed by atoms with E-state index in [-0.39, 0.29) is 6.10 Å². The number of hydrogen-bond donors (Lipinski definition) is 0. The predicted octanol–water partition coefficient (Wildman–Crippen LogP) is 2.92. The maximum Gasteiger partial charge on any atom is 0.146 e. The predicted molar refractivity (Wildman–Crippen MR) is 57.0 cm³/mol. The minimum absolute atomic E-state index is 0.0568. The van der Waals surface area contributed by atoms with E-state index in [0.29, 0.717) is 12.4 Å². The van der Waals surface area contributed by atoms with E-state index in [2.05, 4.69) is 6.58 Å². The molecule has 0 fully saturated rings. The molecule has 0 saturated carbocycles. The highest BCUT2D eigenvalue weighted by Gasteiger charge is 2.11. The first-order chi connectivity index (χ1) is 6.74. The molecule has 0 radical (unpaired) electrons. The molecule has 0 unspecified atom stereocenters. The van der Waals surface area contributed by atoms with Crippen molar-refractivity contribution in [1.82, 2.24) is 0 Å². The van der Waals surface area contributed by atoms with Gasteiger partial charge in [0.2, 0.25) is 0 Å². The van der Waals surface area contributed by atoms with E-state index in [1.54, 1.807) is 7.11 Å². The summed E-state index contributed by atoms with van der Waals surface area (Å²) in [5.74, 6) is 0.705. The fraction of sp³-hybridized carbons (Fsp3) is 0.333. The zero-order valence-electron chi connectivity index (χ0n) is 8.69. The first kappa shape index (κ1) is 10.8. The second-order valence-electron chi connectivity index (χ2n) is 3.17. The minimum atomic E-state index is -0.0568. The number of benzene rings is 1. The van der Waals surface area contributed by atoms with Crippen LogP contribution in [-0.4, -0.2) is 13.7 Å². The summed E-state index contributed by atoms with van der Waals surface area (Å²) in [6, 6.07) is 9.99. The largest absolute Gasteiger partial charge is 0.489 e. The fourth-order valence-electron chi connectivity index (χ4n) is 1.26. The summed E-state index contributed by atoms with van der Waals surface area (Å²) in [5.41, 5.74) is 1.11. The molecule has 2 nitrogen and oxygen atoms in total. The lowest BCUT2D eigenvalue weighted by molar-refractivity contribution is 0.0372. The van der Waals surface area contributed by atoms with Crippen molar-refractivity contribution in [1.29, 1.82) is 0 Å². The summed E-state index contributed by atoms with van der Waals surface area (Å²) < 4.78 is 10.7. The van der Waals surface area contributed by atoms with Crippen LogP contribution in [0, 0.1) is 0 Å². The monoisotopic (exact) mass is 192 g/mol. The number of ether oxygens (including phenoxy) is 2. The van der Waals surface area contributed by atoms with Crippen LogP contribution in [0.2, 0.25) is 0 Å². The second kappa shape index (κ2) is 5.45. The van der Waals surface area contributed by atoms with Crippen LogP contribution in [-0.2, 0) is 9.47 Å². The Morgan fingerprint density at radius 2 is 2.00 bits per heavy atom. The average molecular weight is 192 g/mol. The summed E-state index contributed by atoms with van der Waals surface area (Å²) in [5, 5.41) is 0. The van der Waals surface area contributed by atoms with Gasteiger partial charge in [0, 0.05) is 7.11 Å². The van der Waals surface area contributed by atoms with Gasteiger partial charge in [0.25, 0.3) is 0 Å². The Labute approximate surface area is 85.2 Å². The number of rotatable bonds is 5. The van der Waals surface area contributed by atoms with Crippen molar-refractivity contribution in [2.24, 2.45) is 0 Å². The zero-order chi connectivity index (χ0) is 10.4. The smallest absolute Gasteiger partial charge is 0.146 e. The minimum Gasteiger partial charge on any atom is -0.489 e. The van der Waals surface area contributed by atoms with Crippen molar-refractivity contribution in [3.63, 3.8) is 0 Å². The van der Waals surface area contributed by atoms with Crippen LogP contribution in [0.1, 0.15) is 18.6 Å². The van der Waals surface area contributed by atoms with Crippen LogP contribution in [0.3, 0.4) is 0 Å². The molecule has 0 spiro atoms. The second-order valence-corrected chi connectivity index (χ2v) is 3.17. The molecular formula is C12H16O2.